The highest BCUT2D eigenvalue weighted by molar-refractivity contribution is 5.97. The van der Waals surface area contributed by atoms with E-state index < -0.39 is 11.6 Å². The molecule has 0 aliphatic heterocycles. The standard InChI is InChI=1S/C25H18F2N4O2/c1-28-25-19-11-16(18-7-2-8-20(26)22(18)27)12-21(33-14-17-6-4-10-32-17)23(19)30-24(31-25)15-5-3-9-29-13-15/h2-13H,14H2,1H3,(H,28,30,31). The number of anilines is 1. The highest BCUT2D eigenvalue weighted by atomic mass is 19.2. The number of benzene rings is 2. The molecule has 5 rings (SSSR count). The quantitative estimate of drug-likeness (QED) is 0.354. The zero-order valence-electron chi connectivity index (χ0n) is 17.5. The summed E-state index contributed by atoms with van der Waals surface area (Å²) >= 11 is 0. The Morgan fingerprint density at radius 1 is 1.00 bits per heavy atom. The van der Waals surface area contributed by atoms with Crippen LogP contribution in [-0.4, -0.2) is 22.0 Å². The average Bonchev–Trinajstić information content (AvgIpc) is 3.38. The summed E-state index contributed by atoms with van der Waals surface area (Å²) in [4.78, 5) is 13.5. The first-order valence-corrected chi connectivity index (χ1v) is 10.2. The monoisotopic (exact) mass is 444 g/mol. The van der Waals surface area contributed by atoms with Crippen molar-refractivity contribution in [2.75, 3.05) is 12.4 Å². The largest absolute Gasteiger partial charge is 0.483 e. The molecular weight excluding hydrogens is 426 g/mol. The third-order valence-electron chi connectivity index (χ3n) is 5.13. The number of ether oxygens (including phenoxy) is 1. The lowest BCUT2D eigenvalue weighted by Crippen LogP contribution is -2.02. The van der Waals surface area contributed by atoms with E-state index in [1.807, 2.05) is 6.07 Å². The minimum absolute atomic E-state index is 0.109. The molecule has 0 aliphatic carbocycles. The van der Waals surface area contributed by atoms with Gasteiger partial charge in [-0.05, 0) is 48.0 Å². The molecule has 164 valence electrons. The molecule has 0 unspecified atom stereocenters. The second-order valence-corrected chi connectivity index (χ2v) is 7.23. The molecule has 33 heavy (non-hydrogen) atoms. The van der Waals surface area contributed by atoms with Gasteiger partial charge in [0.2, 0.25) is 0 Å². The van der Waals surface area contributed by atoms with E-state index in [1.54, 1.807) is 56.0 Å². The highest BCUT2D eigenvalue weighted by Gasteiger charge is 2.18. The van der Waals surface area contributed by atoms with Gasteiger partial charge in [-0.1, -0.05) is 12.1 Å². The van der Waals surface area contributed by atoms with Crippen LogP contribution < -0.4 is 10.1 Å². The normalized spacial score (nSPS) is 11.0. The molecule has 0 saturated heterocycles. The Balaban J connectivity index is 1.73. The van der Waals surface area contributed by atoms with E-state index in [4.69, 9.17) is 14.1 Å². The van der Waals surface area contributed by atoms with Crippen molar-refractivity contribution < 1.29 is 17.9 Å². The van der Waals surface area contributed by atoms with Crippen LogP contribution in [0.3, 0.4) is 0 Å². The molecule has 0 amide bonds. The van der Waals surface area contributed by atoms with Crippen LogP contribution in [0.2, 0.25) is 0 Å². The van der Waals surface area contributed by atoms with Crippen LogP contribution in [0.15, 0.2) is 77.7 Å². The Labute approximate surface area is 187 Å². The van der Waals surface area contributed by atoms with Crippen LogP contribution in [0.5, 0.6) is 5.75 Å². The number of nitrogens with zero attached hydrogens (tertiary/aromatic N) is 3. The summed E-state index contributed by atoms with van der Waals surface area (Å²) in [5.74, 6) is 0.0933. The fraction of sp³-hybridized carbons (Fsp3) is 0.0800. The maximum Gasteiger partial charge on any atom is 0.166 e. The SMILES string of the molecule is CNc1nc(-c2cccnc2)nc2c(OCc3ccco3)cc(-c3cccc(F)c3F)cc12. The summed E-state index contributed by atoms with van der Waals surface area (Å²) in [5, 5.41) is 3.67. The number of rotatable bonds is 6. The number of pyridine rings is 1. The Morgan fingerprint density at radius 2 is 1.91 bits per heavy atom. The third-order valence-corrected chi connectivity index (χ3v) is 5.13. The van der Waals surface area contributed by atoms with Crippen LogP contribution in [0.4, 0.5) is 14.6 Å². The minimum atomic E-state index is -0.937. The van der Waals surface area contributed by atoms with Gasteiger partial charge in [0.05, 0.1) is 6.26 Å². The smallest absolute Gasteiger partial charge is 0.166 e. The van der Waals surface area contributed by atoms with Gasteiger partial charge in [0, 0.05) is 36.0 Å². The molecule has 2 aromatic carbocycles. The zero-order chi connectivity index (χ0) is 22.8. The summed E-state index contributed by atoms with van der Waals surface area (Å²) in [6.45, 7) is 0.137. The van der Waals surface area contributed by atoms with Gasteiger partial charge in [-0.15, -0.1) is 0 Å². The van der Waals surface area contributed by atoms with E-state index in [9.17, 15) is 8.78 Å². The molecule has 0 saturated carbocycles. The van der Waals surface area contributed by atoms with Crippen molar-refractivity contribution >= 4 is 16.7 Å². The number of halogens is 2. The minimum Gasteiger partial charge on any atom is -0.483 e. The number of fused-ring (bicyclic) bond motifs is 1. The molecule has 0 atom stereocenters. The van der Waals surface area contributed by atoms with Crippen LogP contribution in [0.1, 0.15) is 5.76 Å². The first-order chi connectivity index (χ1) is 16.1. The Hall–Kier alpha value is -4.33. The van der Waals surface area contributed by atoms with E-state index >= 15 is 0 Å². The van der Waals surface area contributed by atoms with Gasteiger partial charge in [-0.25, -0.2) is 18.7 Å². The number of hydrogen-bond acceptors (Lipinski definition) is 6. The summed E-state index contributed by atoms with van der Waals surface area (Å²) in [6.07, 6.45) is 4.89. The lowest BCUT2D eigenvalue weighted by atomic mass is 10.0. The van der Waals surface area contributed by atoms with Crippen molar-refractivity contribution in [3.8, 4) is 28.3 Å². The third kappa shape index (κ3) is 3.98. The van der Waals surface area contributed by atoms with E-state index in [1.165, 1.54) is 12.1 Å². The number of furan rings is 1. The Bertz CT molecular complexity index is 1420. The van der Waals surface area contributed by atoms with Crippen LogP contribution in [0, 0.1) is 11.6 Å². The van der Waals surface area contributed by atoms with E-state index in [0.717, 1.165) is 11.6 Å². The van der Waals surface area contributed by atoms with E-state index in [2.05, 4.69) is 15.3 Å². The molecule has 0 bridgehead atoms. The molecule has 0 aliphatic rings. The first-order valence-electron chi connectivity index (χ1n) is 10.2. The van der Waals surface area contributed by atoms with Crippen molar-refractivity contribution in [3.63, 3.8) is 0 Å². The maximum atomic E-state index is 14.6. The number of aromatic nitrogens is 3. The molecule has 1 N–H and O–H groups in total. The predicted molar refractivity (Wildman–Crippen MR) is 121 cm³/mol. The van der Waals surface area contributed by atoms with Gasteiger partial charge in [-0.3, -0.25) is 4.98 Å². The average molecular weight is 444 g/mol. The van der Waals surface area contributed by atoms with Gasteiger partial charge in [0.15, 0.2) is 17.5 Å². The molecule has 0 spiro atoms. The van der Waals surface area contributed by atoms with Gasteiger partial charge in [0.1, 0.15) is 29.5 Å². The molecule has 6 nitrogen and oxygen atoms in total. The topological polar surface area (TPSA) is 73.1 Å². The van der Waals surface area contributed by atoms with Crippen LogP contribution in [-0.2, 0) is 6.61 Å². The molecule has 5 aromatic rings. The molecule has 0 radical (unpaired) electrons. The van der Waals surface area contributed by atoms with Gasteiger partial charge >= 0.3 is 0 Å². The first kappa shape index (κ1) is 20.6. The van der Waals surface area contributed by atoms with Gasteiger partial charge < -0.3 is 14.5 Å². The van der Waals surface area contributed by atoms with E-state index in [-0.39, 0.29) is 12.2 Å². The number of hydrogen-bond donors (Lipinski definition) is 1. The molecule has 3 heterocycles. The summed E-state index contributed by atoms with van der Waals surface area (Å²) < 4.78 is 40.0. The Kier molecular flexibility index (Phi) is 5.40. The second kappa shape index (κ2) is 8.66. The number of nitrogens with one attached hydrogen (secondary N) is 1. The lowest BCUT2D eigenvalue weighted by Gasteiger charge is -2.15. The zero-order valence-corrected chi connectivity index (χ0v) is 17.5. The summed E-state index contributed by atoms with van der Waals surface area (Å²) in [6, 6.07) is 14.6. The fourth-order valence-electron chi connectivity index (χ4n) is 3.55. The molecule has 8 heteroatoms. The van der Waals surface area contributed by atoms with Gasteiger partial charge in [-0.2, -0.15) is 0 Å². The van der Waals surface area contributed by atoms with Crippen molar-refractivity contribution in [2.45, 2.75) is 6.61 Å². The highest BCUT2D eigenvalue weighted by Crippen LogP contribution is 2.37. The molecular formula is C25H18F2N4O2. The lowest BCUT2D eigenvalue weighted by molar-refractivity contribution is 0.273. The van der Waals surface area contributed by atoms with Crippen LogP contribution >= 0.6 is 0 Å². The van der Waals surface area contributed by atoms with Crippen molar-refractivity contribution in [3.05, 3.63) is 90.6 Å². The Morgan fingerprint density at radius 3 is 2.67 bits per heavy atom. The van der Waals surface area contributed by atoms with Crippen molar-refractivity contribution in [1.29, 1.82) is 0 Å². The summed E-state index contributed by atoms with van der Waals surface area (Å²) in [5.41, 5.74) is 1.79. The van der Waals surface area contributed by atoms with E-state index in [0.29, 0.717) is 39.6 Å². The second-order valence-electron chi connectivity index (χ2n) is 7.23. The van der Waals surface area contributed by atoms with Gasteiger partial charge in [0.25, 0.3) is 0 Å². The van der Waals surface area contributed by atoms with Crippen molar-refractivity contribution in [1.82, 2.24) is 15.0 Å². The van der Waals surface area contributed by atoms with Crippen LogP contribution in [0.25, 0.3) is 33.4 Å². The maximum absolute atomic E-state index is 14.6. The fourth-order valence-corrected chi connectivity index (χ4v) is 3.55. The van der Waals surface area contributed by atoms with Crippen molar-refractivity contribution in [2.24, 2.45) is 0 Å². The molecule has 3 aromatic heterocycles. The summed E-state index contributed by atoms with van der Waals surface area (Å²) in [7, 11) is 1.73. The molecule has 0 fully saturated rings. The predicted octanol–water partition coefficient (Wildman–Crippen LogP) is 5.85.